The summed E-state index contributed by atoms with van der Waals surface area (Å²) in [4.78, 5) is 0. The van der Waals surface area contributed by atoms with E-state index in [4.69, 9.17) is 0 Å². The minimum atomic E-state index is 0.958. The molecule has 0 aromatic rings. The van der Waals surface area contributed by atoms with Crippen molar-refractivity contribution in [2.24, 2.45) is 5.92 Å². The van der Waals surface area contributed by atoms with Gasteiger partial charge in [0, 0.05) is 0 Å². The number of rotatable bonds is 10. The van der Waals surface area contributed by atoms with Crippen LogP contribution in [0.25, 0.3) is 0 Å². The second-order valence-electron chi connectivity index (χ2n) is 4.66. The van der Waals surface area contributed by atoms with Gasteiger partial charge in [-0.3, -0.25) is 0 Å². The lowest BCUT2D eigenvalue weighted by molar-refractivity contribution is 0.451. The van der Waals surface area contributed by atoms with Crippen LogP contribution >= 0.6 is 0 Å². The molecule has 0 spiro atoms. The highest BCUT2D eigenvalue weighted by Crippen LogP contribution is 2.15. The molecular weight excluding hydrogens is 168 g/mol. The van der Waals surface area contributed by atoms with E-state index in [-0.39, 0.29) is 0 Å². The van der Waals surface area contributed by atoms with Crippen molar-refractivity contribution < 1.29 is 0 Å². The average molecular weight is 197 g/mol. The molecule has 0 aliphatic rings. The Balaban J connectivity index is 2.98. The van der Waals surface area contributed by atoms with Gasteiger partial charge < -0.3 is 0 Å². The summed E-state index contributed by atoms with van der Waals surface area (Å²) in [6, 6.07) is 0. The van der Waals surface area contributed by atoms with Crippen LogP contribution in [0.5, 0.6) is 0 Å². The lowest BCUT2D eigenvalue weighted by atomic mass is 9.98. The van der Waals surface area contributed by atoms with E-state index in [1.807, 2.05) is 0 Å². The Morgan fingerprint density at radius 1 is 0.857 bits per heavy atom. The van der Waals surface area contributed by atoms with Crippen LogP contribution in [-0.2, 0) is 0 Å². The van der Waals surface area contributed by atoms with Gasteiger partial charge in [0.2, 0.25) is 0 Å². The molecule has 0 heteroatoms. The van der Waals surface area contributed by atoms with Crippen molar-refractivity contribution in [2.45, 2.75) is 78.1 Å². The zero-order valence-electron chi connectivity index (χ0n) is 10.4. The van der Waals surface area contributed by atoms with Gasteiger partial charge in [-0.15, -0.1) is 0 Å². The Bertz CT molecular complexity index is 96.2. The quantitative estimate of drug-likeness (QED) is 0.413. The molecule has 0 aliphatic carbocycles. The van der Waals surface area contributed by atoms with Gasteiger partial charge in [0.25, 0.3) is 0 Å². The number of hydrogen-bond donors (Lipinski definition) is 0. The predicted octanol–water partition coefficient (Wildman–Crippen LogP) is 5.38. The van der Waals surface area contributed by atoms with E-state index in [0.717, 1.165) is 12.3 Å². The van der Waals surface area contributed by atoms with E-state index in [1.165, 1.54) is 57.8 Å². The largest absolute Gasteiger partial charge is 0.0654 e. The Morgan fingerprint density at radius 2 is 1.43 bits per heavy atom. The molecule has 0 aromatic carbocycles. The summed E-state index contributed by atoms with van der Waals surface area (Å²) < 4.78 is 0. The molecule has 0 bridgehead atoms. The fourth-order valence-corrected chi connectivity index (χ4v) is 2.01. The van der Waals surface area contributed by atoms with Crippen molar-refractivity contribution in [1.82, 2.24) is 0 Å². The molecule has 14 heavy (non-hydrogen) atoms. The first kappa shape index (κ1) is 14.0. The first-order valence-corrected chi connectivity index (χ1v) is 6.60. The molecule has 1 unspecified atom stereocenters. The van der Waals surface area contributed by atoms with E-state index in [0.29, 0.717) is 0 Å². The van der Waals surface area contributed by atoms with Gasteiger partial charge >= 0.3 is 0 Å². The van der Waals surface area contributed by atoms with Crippen LogP contribution in [0, 0.1) is 12.8 Å². The molecule has 0 saturated heterocycles. The zero-order valence-corrected chi connectivity index (χ0v) is 10.4. The lowest BCUT2D eigenvalue weighted by Crippen LogP contribution is -1.93. The number of unbranched alkanes of at least 4 members (excludes halogenated alkanes) is 6. The van der Waals surface area contributed by atoms with Crippen LogP contribution < -0.4 is 0 Å². The maximum atomic E-state index is 3.86. The van der Waals surface area contributed by atoms with Gasteiger partial charge in [-0.2, -0.15) is 0 Å². The van der Waals surface area contributed by atoms with Gasteiger partial charge in [0.05, 0.1) is 0 Å². The second-order valence-corrected chi connectivity index (χ2v) is 4.66. The minimum Gasteiger partial charge on any atom is -0.0654 e. The third-order valence-corrected chi connectivity index (χ3v) is 2.98. The maximum Gasteiger partial charge on any atom is -0.0443 e. The van der Waals surface area contributed by atoms with Crippen molar-refractivity contribution in [3.05, 3.63) is 6.92 Å². The van der Waals surface area contributed by atoms with Crippen LogP contribution in [0.1, 0.15) is 78.1 Å². The Labute approximate surface area is 91.5 Å². The van der Waals surface area contributed by atoms with Crippen molar-refractivity contribution in [3.8, 4) is 0 Å². The molecule has 0 nitrogen and oxygen atoms in total. The van der Waals surface area contributed by atoms with Gasteiger partial charge in [0.1, 0.15) is 0 Å². The normalized spacial score (nSPS) is 13.1. The molecule has 0 aliphatic heterocycles. The fraction of sp³-hybridized carbons (Fsp3) is 0.929. The molecule has 0 saturated carbocycles. The minimum absolute atomic E-state index is 0.958. The van der Waals surface area contributed by atoms with Crippen molar-refractivity contribution >= 4 is 0 Å². The van der Waals surface area contributed by atoms with Crippen molar-refractivity contribution in [2.75, 3.05) is 0 Å². The standard InChI is InChI=1S/C14H29/c1-4-6-7-8-9-10-11-13-14(3)12-5-2/h14H,1,4-13H2,2-3H3. The van der Waals surface area contributed by atoms with Gasteiger partial charge in [-0.25, -0.2) is 0 Å². The Hall–Kier alpha value is 0. The summed E-state index contributed by atoms with van der Waals surface area (Å²) in [5, 5.41) is 0. The van der Waals surface area contributed by atoms with E-state index in [1.54, 1.807) is 0 Å². The SMILES string of the molecule is [CH2]CCCCCCCCC(C)CCC. The Kier molecular flexibility index (Phi) is 11.1. The van der Waals surface area contributed by atoms with Crippen LogP contribution in [0.15, 0.2) is 0 Å². The third kappa shape index (κ3) is 10.1. The highest BCUT2D eigenvalue weighted by atomic mass is 14.1. The highest BCUT2D eigenvalue weighted by Gasteiger charge is 1.99. The summed E-state index contributed by atoms with van der Waals surface area (Å²) in [6.07, 6.45) is 13.8. The Morgan fingerprint density at radius 3 is 2.00 bits per heavy atom. The van der Waals surface area contributed by atoms with Crippen LogP contribution in [0.4, 0.5) is 0 Å². The molecule has 1 atom stereocenters. The summed E-state index contributed by atoms with van der Waals surface area (Å²) in [5.41, 5.74) is 0. The molecule has 0 heterocycles. The van der Waals surface area contributed by atoms with E-state index < -0.39 is 0 Å². The average Bonchev–Trinajstić information content (AvgIpc) is 2.17. The second kappa shape index (κ2) is 11.1. The molecule has 0 rings (SSSR count). The van der Waals surface area contributed by atoms with Crippen LogP contribution in [0.2, 0.25) is 0 Å². The molecule has 0 N–H and O–H groups in total. The fourth-order valence-electron chi connectivity index (χ4n) is 2.01. The van der Waals surface area contributed by atoms with Gasteiger partial charge in [0.15, 0.2) is 0 Å². The van der Waals surface area contributed by atoms with Crippen molar-refractivity contribution in [3.63, 3.8) is 0 Å². The topological polar surface area (TPSA) is 0 Å². The smallest absolute Gasteiger partial charge is 0.0443 e. The first-order chi connectivity index (χ1) is 6.81. The summed E-state index contributed by atoms with van der Waals surface area (Å²) >= 11 is 0. The third-order valence-electron chi connectivity index (χ3n) is 2.98. The van der Waals surface area contributed by atoms with Crippen LogP contribution in [0.3, 0.4) is 0 Å². The molecule has 0 aromatic heterocycles. The molecule has 0 amide bonds. The molecule has 0 fully saturated rings. The highest BCUT2D eigenvalue weighted by molar-refractivity contribution is 4.53. The van der Waals surface area contributed by atoms with Gasteiger partial charge in [-0.05, 0) is 5.92 Å². The molecule has 85 valence electrons. The first-order valence-electron chi connectivity index (χ1n) is 6.60. The van der Waals surface area contributed by atoms with Crippen molar-refractivity contribution in [1.29, 1.82) is 0 Å². The van der Waals surface area contributed by atoms with E-state index in [9.17, 15) is 0 Å². The summed E-state index contributed by atoms with van der Waals surface area (Å²) in [6.45, 7) is 8.55. The molecule has 1 radical (unpaired) electrons. The summed E-state index contributed by atoms with van der Waals surface area (Å²) in [5.74, 6) is 0.958. The lowest BCUT2D eigenvalue weighted by Gasteiger charge is -2.08. The predicted molar refractivity (Wildman–Crippen MR) is 66.4 cm³/mol. The van der Waals surface area contributed by atoms with E-state index in [2.05, 4.69) is 20.8 Å². The maximum absolute atomic E-state index is 3.86. The van der Waals surface area contributed by atoms with Gasteiger partial charge in [-0.1, -0.05) is 85.0 Å². The zero-order chi connectivity index (χ0) is 10.6. The molecular formula is C14H29. The van der Waals surface area contributed by atoms with E-state index >= 15 is 0 Å². The van der Waals surface area contributed by atoms with Crippen LogP contribution in [-0.4, -0.2) is 0 Å². The number of hydrogen-bond acceptors (Lipinski definition) is 0. The summed E-state index contributed by atoms with van der Waals surface area (Å²) in [7, 11) is 0. The monoisotopic (exact) mass is 197 g/mol.